The van der Waals surface area contributed by atoms with Crippen LogP contribution in [-0.4, -0.2) is 68.0 Å². The van der Waals surface area contributed by atoms with E-state index in [1.165, 1.54) is 16.3 Å². The third-order valence-electron chi connectivity index (χ3n) is 10.4. The number of carbonyl (C=O) groups is 1. The molecule has 0 bridgehead atoms. The third kappa shape index (κ3) is 11.6. The van der Waals surface area contributed by atoms with Crippen LogP contribution >= 0.6 is 0 Å². The van der Waals surface area contributed by atoms with Gasteiger partial charge in [0.2, 0.25) is 5.91 Å². The summed E-state index contributed by atoms with van der Waals surface area (Å²) in [4.78, 5) is 14.7. The predicted octanol–water partition coefficient (Wildman–Crippen LogP) is 8.68. The Balaban J connectivity index is 1.14. The molecular formula is C48H54N2O7. The van der Waals surface area contributed by atoms with Crippen molar-refractivity contribution >= 4 is 27.6 Å². The smallest absolute Gasteiger partial charge is 0.216 e. The standard InChI is InChI=1S/C48H54N2O7/c1-35(51)49-26-13-4-14-27-52-34-44-45(54-31-36-15-5-2-6-16-36)46(55-32-37-17-7-3-8-18-37)47(56-33-38-23-24-39-19-9-10-20-40(39)29-38)48(57-44)53-28-25-41-30-50-43-22-12-11-21-42(41)43/h2-3,5-12,15-24,29-30,44-48,50H,4,13-14,25-28,31-34H2,1H3,(H,49,51)/t44-,45-,46+,47-,48-/m1/s1. The number of amides is 1. The van der Waals surface area contributed by atoms with E-state index in [1.54, 1.807) is 6.92 Å². The molecule has 0 aliphatic carbocycles. The minimum absolute atomic E-state index is 0.0101. The molecule has 1 aliphatic heterocycles. The van der Waals surface area contributed by atoms with E-state index in [0.29, 0.717) is 46.0 Å². The molecule has 1 saturated heterocycles. The quantitative estimate of drug-likeness (QED) is 0.0707. The fourth-order valence-corrected chi connectivity index (χ4v) is 7.36. The molecule has 0 spiro atoms. The van der Waals surface area contributed by atoms with Gasteiger partial charge in [-0.1, -0.05) is 115 Å². The van der Waals surface area contributed by atoms with Gasteiger partial charge in [-0.05, 0) is 70.8 Å². The summed E-state index contributed by atoms with van der Waals surface area (Å²) in [6.07, 6.45) is 2.42. The van der Waals surface area contributed by atoms with E-state index >= 15 is 0 Å². The first-order valence-electron chi connectivity index (χ1n) is 20.2. The van der Waals surface area contributed by atoms with E-state index in [9.17, 15) is 4.79 Å². The van der Waals surface area contributed by atoms with E-state index < -0.39 is 30.7 Å². The fourth-order valence-electron chi connectivity index (χ4n) is 7.36. The number of rotatable bonds is 21. The number of ether oxygens (including phenoxy) is 6. The van der Waals surface area contributed by atoms with E-state index in [0.717, 1.165) is 46.9 Å². The highest BCUT2D eigenvalue weighted by Gasteiger charge is 2.49. The summed E-state index contributed by atoms with van der Waals surface area (Å²) in [5, 5.41) is 6.37. The second-order valence-electron chi connectivity index (χ2n) is 14.6. The Kier molecular flexibility index (Phi) is 14.9. The van der Waals surface area contributed by atoms with Gasteiger partial charge in [0.05, 0.1) is 33.0 Å². The minimum atomic E-state index is -0.765. The first-order valence-corrected chi connectivity index (χ1v) is 20.2. The molecule has 5 aromatic carbocycles. The maximum Gasteiger partial charge on any atom is 0.216 e. The van der Waals surface area contributed by atoms with Crippen molar-refractivity contribution in [3.63, 3.8) is 0 Å². The lowest BCUT2D eigenvalue weighted by Crippen LogP contribution is -2.61. The van der Waals surface area contributed by atoms with Gasteiger partial charge in [0.1, 0.15) is 24.4 Å². The number of nitrogens with one attached hydrogen (secondary N) is 2. The van der Waals surface area contributed by atoms with Gasteiger partial charge in [-0.15, -0.1) is 0 Å². The fraction of sp³-hybridized carbons (Fsp3) is 0.354. The Morgan fingerprint density at radius 2 is 1.32 bits per heavy atom. The van der Waals surface area contributed by atoms with E-state index in [2.05, 4.69) is 101 Å². The molecule has 6 aromatic rings. The Bertz CT molecular complexity index is 2110. The lowest BCUT2D eigenvalue weighted by Gasteiger charge is -2.46. The normalized spacial score (nSPS) is 19.6. The van der Waals surface area contributed by atoms with Gasteiger partial charge in [0.25, 0.3) is 0 Å². The largest absolute Gasteiger partial charge is 0.379 e. The minimum Gasteiger partial charge on any atom is -0.379 e. The van der Waals surface area contributed by atoms with Crippen LogP contribution in [-0.2, 0) is 59.5 Å². The number of carbonyl (C=O) groups excluding carboxylic acids is 1. The summed E-state index contributed by atoms with van der Waals surface area (Å²) in [5.74, 6) is -0.0101. The molecule has 1 aliphatic rings. The summed E-state index contributed by atoms with van der Waals surface area (Å²) < 4.78 is 40.5. The number of unbranched alkanes of at least 4 members (excludes halogenated alkanes) is 2. The van der Waals surface area contributed by atoms with Crippen molar-refractivity contribution in [3.05, 3.63) is 156 Å². The second-order valence-corrected chi connectivity index (χ2v) is 14.6. The van der Waals surface area contributed by atoms with Gasteiger partial charge in [0, 0.05) is 37.2 Å². The Hall–Kier alpha value is -4.87. The molecule has 0 radical (unpaired) electrons. The van der Waals surface area contributed by atoms with Crippen LogP contribution in [0.5, 0.6) is 0 Å². The van der Waals surface area contributed by atoms with Crippen LogP contribution < -0.4 is 5.32 Å². The molecule has 2 heterocycles. The first-order chi connectivity index (χ1) is 28.1. The molecule has 9 heteroatoms. The number of benzene rings is 5. The molecule has 2 N–H and O–H groups in total. The molecule has 57 heavy (non-hydrogen) atoms. The number of hydrogen-bond acceptors (Lipinski definition) is 7. The molecule has 9 nitrogen and oxygen atoms in total. The van der Waals surface area contributed by atoms with Crippen LogP contribution in [0.15, 0.2) is 134 Å². The number of hydrogen-bond donors (Lipinski definition) is 2. The Labute approximate surface area is 335 Å². The second kappa shape index (κ2) is 21.0. The van der Waals surface area contributed by atoms with Crippen molar-refractivity contribution in [2.75, 3.05) is 26.4 Å². The maximum atomic E-state index is 11.3. The topological polar surface area (TPSA) is 100 Å². The molecular weight excluding hydrogens is 717 g/mol. The van der Waals surface area contributed by atoms with E-state index in [4.69, 9.17) is 28.4 Å². The number of aromatic nitrogens is 1. The zero-order chi connectivity index (χ0) is 39.1. The monoisotopic (exact) mass is 770 g/mol. The Morgan fingerprint density at radius 3 is 2.09 bits per heavy atom. The van der Waals surface area contributed by atoms with Crippen LogP contribution in [0.4, 0.5) is 0 Å². The predicted molar refractivity (Wildman–Crippen MR) is 223 cm³/mol. The van der Waals surface area contributed by atoms with E-state index in [1.807, 2.05) is 42.5 Å². The highest BCUT2D eigenvalue weighted by Crippen LogP contribution is 2.32. The summed E-state index contributed by atoms with van der Waals surface area (Å²) in [6.45, 7) is 4.50. The summed E-state index contributed by atoms with van der Waals surface area (Å²) in [5.41, 5.74) is 5.40. The lowest BCUT2D eigenvalue weighted by atomic mass is 9.97. The molecule has 1 amide bonds. The van der Waals surface area contributed by atoms with Crippen molar-refractivity contribution in [2.24, 2.45) is 0 Å². The van der Waals surface area contributed by atoms with Gasteiger partial charge in [-0.2, -0.15) is 0 Å². The highest BCUT2D eigenvalue weighted by molar-refractivity contribution is 5.83. The van der Waals surface area contributed by atoms with Crippen LogP contribution in [0, 0.1) is 0 Å². The van der Waals surface area contributed by atoms with Crippen LogP contribution in [0.3, 0.4) is 0 Å². The molecule has 298 valence electrons. The van der Waals surface area contributed by atoms with Crippen molar-refractivity contribution in [2.45, 2.75) is 83.1 Å². The van der Waals surface area contributed by atoms with Crippen LogP contribution in [0.25, 0.3) is 21.7 Å². The Morgan fingerprint density at radius 1 is 0.649 bits per heavy atom. The van der Waals surface area contributed by atoms with E-state index in [-0.39, 0.29) is 12.5 Å². The number of aromatic amines is 1. The van der Waals surface area contributed by atoms with Crippen molar-refractivity contribution in [1.29, 1.82) is 0 Å². The highest BCUT2D eigenvalue weighted by atomic mass is 16.7. The molecule has 7 rings (SSSR count). The maximum absolute atomic E-state index is 11.3. The lowest BCUT2D eigenvalue weighted by molar-refractivity contribution is -0.328. The van der Waals surface area contributed by atoms with Gasteiger partial charge < -0.3 is 38.7 Å². The molecule has 0 saturated carbocycles. The summed E-state index contributed by atoms with van der Waals surface area (Å²) in [6, 6.07) is 43.3. The van der Waals surface area contributed by atoms with Gasteiger partial charge in [-0.25, -0.2) is 0 Å². The van der Waals surface area contributed by atoms with Gasteiger partial charge in [0.15, 0.2) is 6.29 Å². The molecule has 5 atom stereocenters. The number of para-hydroxylation sites is 1. The summed E-state index contributed by atoms with van der Waals surface area (Å²) in [7, 11) is 0. The average molecular weight is 771 g/mol. The summed E-state index contributed by atoms with van der Waals surface area (Å²) >= 11 is 0. The van der Waals surface area contributed by atoms with Gasteiger partial charge >= 0.3 is 0 Å². The van der Waals surface area contributed by atoms with Gasteiger partial charge in [-0.3, -0.25) is 4.79 Å². The van der Waals surface area contributed by atoms with Crippen molar-refractivity contribution < 1.29 is 33.2 Å². The number of fused-ring (bicyclic) bond motifs is 2. The van der Waals surface area contributed by atoms with Crippen LogP contribution in [0.1, 0.15) is 48.4 Å². The SMILES string of the molecule is CC(=O)NCCCCCOC[C@H]1O[C@@H](OCCc2c[nH]c3ccccc23)[C@H](OCc2ccc3ccccc3c2)[C@@H](OCc2ccccc2)[C@@H]1OCc1ccccc1. The zero-order valence-electron chi connectivity index (χ0n) is 32.7. The third-order valence-corrected chi connectivity index (χ3v) is 10.4. The van der Waals surface area contributed by atoms with Crippen LogP contribution in [0.2, 0.25) is 0 Å². The average Bonchev–Trinajstić information content (AvgIpc) is 3.66. The van der Waals surface area contributed by atoms with Crippen molar-refractivity contribution in [1.82, 2.24) is 10.3 Å². The molecule has 0 unspecified atom stereocenters. The molecule has 1 aromatic heterocycles. The zero-order valence-corrected chi connectivity index (χ0v) is 32.7. The first kappa shape index (κ1) is 40.3. The van der Waals surface area contributed by atoms with Crippen molar-refractivity contribution in [3.8, 4) is 0 Å². The number of H-pyrrole nitrogens is 1. The molecule has 1 fully saturated rings.